The minimum atomic E-state index is -3.58. The van der Waals surface area contributed by atoms with E-state index >= 15 is 0 Å². The number of rotatable bonds is 3. The van der Waals surface area contributed by atoms with Crippen molar-refractivity contribution >= 4 is 49.8 Å². The summed E-state index contributed by atoms with van der Waals surface area (Å²) < 4.78 is 36.5. The average molecular weight is 416 g/mol. The summed E-state index contributed by atoms with van der Waals surface area (Å²) in [5.41, 5.74) is 0.238. The monoisotopic (exact) mass is 414 g/mol. The minimum absolute atomic E-state index is 0. The van der Waals surface area contributed by atoms with E-state index in [0.717, 1.165) is 12.3 Å². The highest BCUT2D eigenvalue weighted by Gasteiger charge is 2.48. The van der Waals surface area contributed by atoms with Crippen molar-refractivity contribution in [3.05, 3.63) is 28.5 Å². The second kappa shape index (κ2) is 7.25. The SMILES string of the molecule is CS(=O)(=O)C1(C(=O)Nc2ccc(Br)c(F)c2)CCNCC1.Cl. The summed E-state index contributed by atoms with van der Waals surface area (Å²) in [6, 6.07) is 4.13. The maximum atomic E-state index is 13.5. The summed E-state index contributed by atoms with van der Waals surface area (Å²) in [4.78, 5) is 12.5. The fraction of sp³-hybridized carbons (Fsp3) is 0.462. The van der Waals surface area contributed by atoms with E-state index < -0.39 is 26.3 Å². The van der Waals surface area contributed by atoms with Gasteiger partial charge in [-0.25, -0.2) is 12.8 Å². The van der Waals surface area contributed by atoms with Gasteiger partial charge in [0.05, 0.1) is 4.47 Å². The summed E-state index contributed by atoms with van der Waals surface area (Å²) >= 11 is 3.02. The lowest BCUT2D eigenvalue weighted by Crippen LogP contribution is -2.55. The molecule has 0 radical (unpaired) electrons. The largest absolute Gasteiger partial charge is 0.325 e. The Labute approximate surface area is 143 Å². The highest BCUT2D eigenvalue weighted by Crippen LogP contribution is 2.30. The quantitative estimate of drug-likeness (QED) is 0.793. The van der Waals surface area contributed by atoms with Gasteiger partial charge in [0, 0.05) is 11.9 Å². The molecule has 0 atom stereocenters. The van der Waals surface area contributed by atoms with Crippen molar-refractivity contribution in [1.82, 2.24) is 5.32 Å². The fourth-order valence-corrected chi connectivity index (χ4v) is 4.00. The van der Waals surface area contributed by atoms with Crippen LogP contribution >= 0.6 is 28.3 Å². The van der Waals surface area contributed by atoms with E-state index in [-0.39, 0.29) is 35.4 Å². The Kier molecular flexibility index (Phi) is 6.37. The lowest BCUT2D eigenvalue weighted by atomic mass is 9.95. The summed E-state index contributed by atoms with van der Waals surface area (Å²) in [5, 5.41) is 5.56. The van der Waals surface area contributed by atoms with Crippen molar-refractivity contribution in [3.63, 3.8) is 0 Å². The van der Waals surface area contributed by atoms with Crippen molar-refractivity contribution in [1.29, 1.82) is 0 Å². The summed E-state index contributed by atoms with van der Waals surface area (Å²) in [6.45, 7) is 0.907. The third-order valence-corrected chi connectivity index (χ3v) is 6.37. The highest BCUT2D eigenvalue weighted by atomic mass is 79.9. The van der Waals surface area contributed by atoms with E-state index in [1.165, 1.54) is 12.1 Å². The molecule has 0 unspecified atom stereocenters. The van der Waals surface area contributed by atoms with Gasteiger partial charge in [-0.05, 0) is 60.1 Å². The van der Waals surface area contributed by atoms with Crippen LogP contribution in [-0.2, 0) is 14.6 Å². The van der Waals surface area contributed by atoms with Gasteiger partial charge < -0.3 is 10.6 Å². The number of amides is 1. The number of benzene rings is 1. The maximum absolute atomic E-state index is 13.5. The second-order valence-corrected chi connectivity index (χ2v) is 8.28. The van der Waals surface area contributed by atoms with Gasteiger partial charge in [-0.15, -0.1) is 12.4 Å². The van der Waals surface area contributed by atoms with Crippen molar-refractivity contribution in [3.8, 4) is 0 Å². The molecule has 1 aromatic carbocycles. The lowest BCUT2D eigenvalue weighted by Gasteiger charge is -2.34. The molecule has 0 bridgehead atoms. The number of hydrogen-bond donors (Lipinski definition) is 2. The van der Waals surface area contributed by atoms with E-state index in [2.05, 4.69) is 26.6 Å². The molecular weight excluding hydrogens is 399 g/mol. The number of sulfone groups is 1. The Morgan fingerprint density at radius 3 is 2.45 bits per heavy atom. The van der Waals surface area contributed by atoms with Crippen molar-refractivity contribution in [2.45, 2.75) is 17.6 Å². The topological polar surface area (TPSA) is 75.3 Å². The lowest BCUT2D eigenvalue weighted by molar-refractivity contribution is -0.119. The van der Waals surface area contributed by atoms with E-state index in [1.54, 1.807) is 0 Å². The average Bonchev–Trinajstić information content (AvgIpc) is 2.42. The molecule has 0 saturated carbocycles. The standard InChI is InChI=1S/C13H16BrFN2O3S.ClH/c1-21(19,20)13(4-6-16-7-5-13)12(18)17-9-2-3-10(14)11(15)8-9;/h2-3,8,16H,4-7H2,1H3,(H,17,18);1H. The van der Waals surface area contributed by atoms with Crippen molar-refractivity contribution in [2.24, 2.45) is 0 Å². The zero-order valence-electron chi connectivity index (χ0n) is 11.9. The van der Waals surface area contributed by atoms with Crippen LogP contribution in [0.3, 0.4) is 0 Å². The number of carbonyl (C=O) groups is 1. The predicted molar refractivity (Wildman–Crippen MR) is 89.7 cm³/mol. The van der Waals surface area contributed by atoms with E-state index in [0.29, 0.717) is 13.1 Å². The predicted octanol–water partition coefficient (Wildman–Crippen LogP) is 2.12. The van der Waals surface area contributed by atoms with Crippen LogP contribution in [0.4, 0.5) is 10.1 Å². The number of carbonyl (C=O) groups excluding carboxylic acids is 1. The van der Waals surface area contributed by atoms with Crippen LogP contribution in [0.1, 0.15) is 12.8 Å². The molecule has 1 fully saturated rings. The molecule has 1 aromatic rings. The van der Waals surface area contributed by atoms with Gasteiger partial charge in [0.1, 0.15) is 5.82 Å². The van der Waals surface area contributed by atoms with Crippen LogP contribution in [0.15, 0.2) is 22.7 Å². The first-order valence-corrected chi connectivity index (χ1v) is 9.11. The fourth-order valence-electron chi connectivity index (χ4n) is 2.42. The van der Waals surface area contributed by atoms with Crippen LogP contribution in [0, 0.1) is 5.82 Å². The van der Waals surface area contributed by atoms with E-state index in [9.17, 15) is 17.6 Å². The van der Waals surface area contributed by atoms with Crippen LogP contribution < -0.4 is 10.6 Å². The molecule has 1 aliphatic rings. The molecular formula is C13H17BrClFN2O3S. The molecule has 1 amide bonds. The molecule has 124 valence electrons. The molecule has 0 spiro atoms. The van der Waals surface area contributed by atoms with Gasteiger partial charge in [0.2, 0.25) is 5.91 Å². The molecule has 0 aromatic heterocycles. The Morgan fingerprint density at radius 2 is 1.95 bits per heavy atom. The molecule has 1 saturated heterocycles. The first kappa shape index (κ1) is 19.3. The van der Waals surface area contributed by atoms with Gasteiger partial charge in [-0.2, -0.15) is 0 Å². The van der Waals surface area contributed by atoms with Crippen LogP contribution in [-0.4, -0.2) is 38.4 Å². The molecule has 2 N–H and O–H groups in total. The zero-order chi connectivity index (χ0) is 15.7. The van der Waals surface area contributed by atoms with Gasteiger partial charge in [0.15, 0.2) is 14.6 Å². The van der Waals surface area contributed by atoms with Crippen LogP contribution in [0.2, 0.25) is 0 Å². The Morgan fingerprint density at radius 1 is 1.36 bits per heavy atom. The van der Waals surface area contributed by atoms with Gasteiger partial charge in [-0.3, -0.25) is 4.79 Å². The minimum Gasteiger partial charge on any atom is -0.325 e. The Hall–Kier alpha value is -0.700. The molecule has 0 aliphatic carbocycles. The van der Waals surface area contributed by atoms with E-state index in [1.807, 2.05) is 0 Å². The van der Waals surface area contributed by atoms with Gasteiger partial charge in [0.25, 0.3) is 0 Å². The van der Waals surface area contributed by atoms with Crippen LogP contribution in [0.5, 0.6) is 0 Å². The summed E-state index contributed by atoms with van der Waals surface area (Å²) in [6.07, 6.45) is 1.48. The second-order valence-electron chi connectivity index (χ2n) is 5.10. The number of halogens is 3. The molecule has 22 heavy (non-hydrogen) atoms. The van der Waals surface area contributed by atoms with Crippen molar-refractivity contribution < 1.29 is 17.6 Å². The van der Waals surface area contributed by atoms with Crippen LogP contribution in [0.25, 0.3) is 0 Å². The molecule has 9 heteroatoms. The maximum Gasteiger partial charge on any atom is 0.245 e. The number of nitrogens with one attached hydrogen (secondary N) is 2. The van der Waals surface area contributed by atoms with Gasteiger partial charge in [-0.1, -0.05) is 0 Å². The molecule has 2 rings (SSSR count). The van der Waals surface area contributed by atoms with Gasteiger partial charge >= 0.3 is 0 Å². The molecule has 1 aliphatic heterocycles. The molecule has 5 nitrogen and oxygen atoms in total. The Balaban J connectivity index is 0.00000242. The third-order valence-electron chi connectivity index (χ3n) is 3.71. The first-order chi connectivity index (χ1) is 9.76. The third kappa shape index (κ3) is 3.79. The zero-order valence-corrected chi connectivity index (χ0v) is 15.1. The summed E-state index contributed by atoms with van der Waals surface area (Å²) in [7, 11) is -3.58. The number of piperidine rings is 1. The summed E-state index contributed by atoms with van der Waals surface area (Å²) in [5.74, 6) is -1.13. The van der Waals surface area contributed by atoms with E-state index in [4.69, 9.17) is 0 Å². The first-order valence-electron chi connectivity index (χ1n) is 6.43. The Bertz CT molecular complexity index is 663. The normalized spacial score (nSPS) is 17.4. The van der Waals surface area contributed by atoms with Crippen molar-refractivity contribution in [2.75, 3.05) is 24.7 Å². The highest BCUT2D eigenvalue weighted by molar-refractivity contribution is 9.10. The number of anilines is 1. The molecule has 1 heterocycles. The smallest absolute Gasteiger partial charge is 0.245 e. The number of hydrogen-bond acceptors (Lipinski definition) is 4.